The minimum absolute atomic E-state index is 0.00187. The predicted octanol–water partition coefficient (Wildman–Crippen LogP) is 4.02. The van der Waals surface area contributed by atoms with Crippen LogP contribution in [0, 0.1) is 5.82 Å². The zero-order chi connectivity index (χ0) is 15.5. The van der Waals surface area contributed by atoms with E-state index in [0.29, 0.717) is 11.3 Å². The van der Waals surface area contributed by atoms with Gasteiger partial charge in [0.25, 0.3) is 0 Å². The molecule has 0 N–H and O–H groups in total. The SMILES string of the molecule is O=Cc1cc(Sc2cccnc2)n(-c2cccc(Cl)c2F)n1. The Morgan fingerprint density at radius 1 is 1.27 bits per heavy atom. The number of aldehydes is 1. The molecule has 0 saturated carbocycles. The predicted molar refractivity (Wildman–Crippen MR) is 82.3 cm³/mol. The first-order chi connectivity index (χ1) is 10.7. The second-order valence-electron chi connectivity index (χ2n) is 4.30. The Kier molecular flexibility index (Phi) is 4.22. The van der Waals surface area contributed by atoms with E-state index in [2.05, 4.69) is 10.1 Å². The van der Waals surface area contributed by atoms with Crippen molar-refractivity contribution in [2.24, 2.45) is 0 Å². The standard InChI is InChI=1S/C15H9ClFN3OS/c16-12-4-1-5-13(15(12)17)20-14(7-10(9-21)19-20)22-11-3-2-6-18-8-11/h1-9H. The van der Waals surface area contributed by atoms with Gasteiger partial charge in [-0.1, -0.05) is 29.4 Å². The highest BCUT2D eigenvalue weighted by atomic mass is 35.5. The molecule has 0 atom stereocenters. The van der Waals surface area contributed by atoms with Gasteiger partial charge >= 0.3 is 0 Å². The third-order valence-electron chi connectivity index (χ3n) is 2.83. The monoisotopic (exact) mass is 333 g/mol. The van der Waals surface area contributed by atoms with Crippen molar-refractivity contribution >= 4 is 29.6 Å². The summed E-state index contributed by atoms with van der Waals surface area (Å²) in [6, 6.07) is 9.88. The highest BCUT2D eigenvalue weighted by Crippen LogP contribution is 2.31. The molecule has 0 aliphatic carbocycles. The van der Waals surface area contributed by atoms with E-state index in [1.807, 2.05) is 6.07 Å². The van der Waals surface area contributed by atoms with Gasteiger partial charge in [0.1, 0.15) is 16.4 Å². The minimum Gasteiger partial charge on any atom is -0.296 e. The molecular weight excluding hydrogens is 325 g/mol. The molecule has 3 rings (SSSR count). The Bertz CT molecular complexity index is 823. The molecule has 0 unspecified atom stereocenters. The molecule has 0 aliphatic rings. The van der Waals surface area contributed by atoms with E-state index >= 15 is 0 Å². The van der Waals surface area contributed by atoms with Gasteiger partial charge in [-0.25, -0.2) is 9.07 Å². The number of hydrogen-bond acceptors (Lipinski definition) is 4. The van der Waals surface area contributed by atoms with Gasteiger partial charge < -0.3 is 0 Å². The van der Waals surface area contributed by atoms with E-state index in [9.17, 15) is 9.18 Å². The molecule has 7 heteroatoms. The van der Waals surface area contributed by atoms with Gasteiger partial charge in [0.05, 0.1) is 5.02 Å². The van der Waals surface area contributed by atoms with Crippen molar-refractivity contribution in [3.8, 4) is 5.69 Å². The summed E-state index contributed by atoms with van der Waals surface area (Å²) >= 11 is 7.14. The molecule has 2 aromatic heterocycles. The van der Waals surface area contributed by atoms with Crippen molar-refractivity contribution in [3.63, 3.8) is 0 Å². The van der Waals surface area contributed by atoms with Crippen LogP contribution in [0.4, 0.5) is 4.39 Å². The Hall–Kier alpha value is -2.18. The second-order valence-corrected chi connectivity index (χ2v) is 5.80. The number of rotatable bonds is 4. The third-order valence-corrected chi connectivity index (χ3v) is 4.10. The van der Waals surface area contributed by atoms with Gasteiger partial charge in [0.15, 0.2) is 12.1 Å². The molecule has 0 amide bonds. The number of pyridine rings is 1. The molecule has 0 saturated heterocycles. The smallest absolute Gasteiger partial charge is 0.170 e. The summed E-state index contributed by atoms with van der Waals surface area (Å²) in [7, 11) is 0. The molecule has 1 aromatic carbocycles. The molecule has 4 nitrogen and oxygen atoms in total. The fourth-order valence-corrected chi connectivity index (χ4v) is 2.94. The third kappa shape index (κ3) is 2.88. The van der Waals surface area contributed by atoms with Crippen molar-refractivity contribution < 1.29 is 9.18 Å². The van der Waals surface area contributed by atoms with Crippen LogP contribution in [0.15, 0.2) is 58.7 Å². The summed E-state index contributed by atoms with van der Waals surface area (Å²) in [5, 5.41) is 4.70. The van der Waals surface area contributed by atoms with Crippen LogP contribution in [0.25, 0.3) is 5.69 Å². The van der Waals surface area contributed by atoms with Crippen LogP contribution in [0.5, 0.6) is 0 Å². The van der Waals surface area contributed by atoms with E-state index in [4.69, 9.17) is 11.6 Å². The fourth-order valence-electron chi connectivity index (χ4n) is 1.87. The number of carbonyl (C=O) groups is 1. The lowest BCUT2D eigenvalue weighted by atomic mass is 10.3. The maximum absolute atomic E-state index is 14.2. The maximum atomic E-state index is 14.2. The average molecular weight is 334 g/mol. The van der Waals surface area contributed by atoms with E-state index in [0.717, 1.165) is 4.90 Å². The summed E-state index contributed by atoms with van der Waals surface area (Å²) < 4.78 is 15.6. The molecule has 2 heterocycles. The number of carbonyl (C=O) groups excluding carboxylic acids is 1. The second kappa shape index (κ2) is 6.29. The average Bonchev–Trinajstić information content (AvgIpc) is 2.94. The molecule has 0 bridgehead atoms. The van der Waals surface area contributed by atoms with Crippen molar-refractivity contribution in [1.29, 1.82) is 0 Å². The number of hydrogen-bond donors (Lipinski definition) is 0. The summed E-state index contributed by atoms with van der Waals surface area (Å²) in [6.07, 6.45) is 3.96. The lowest BCUT2D eigenvalue weighted by molar-refractivity contribution is 0.111. The van der Waals surface area contributed by atoms with Gasteiger partial charge in [0, 0.05) is 23.4 Å². The first-order valence-electron chi connectivity index (χ1n) is 6.26. The van der Waals surface area contributed by atoms with E-state index in [1.54, 1.807) is 36.7 Å². The largest absolute Gasteiger partial charge is 0.296 e. The highest BCUT2D eigenvalue weighted by Gasteiger charge is 2.15. The van der Waals surface area contributed by atoms with Crippen molar-refractivity contribution in [2.75, 3.05) is 0 Å². The molecular formula is C15H9ClFN3OS. The lowest BCUT2D eigenvalue weighted by Crippen LogP contribution is -2.02. The van der Waals surface area contributed by atoms with Gasteiger partial charge in [0.2, 0.25) is 0 Å². The van der Waals surface area contributed by atoms with Gasteiger partial charge in [-0.05, 0) is 24.3 Å². The molecule has 0 spiro atoms. The van der Waals surface area contributed by atoms with Gasteiger partial charge in [-0.15, -0.1) is 0 Å². The zero-order valence-corrected chi connectivity index (χ0v) is 12.7. The molecule has 0 aliphatic heterocycles. The van der Waals surface area contributed by atoms with E-state index in [1.165, 1.54) is 22.5 Å². The Morgan fingerprint density at radius 2 is 2.14 bits per heavy atom. The number of halogens is 2. The maximum Gasteiger partial charge on any atom is 0.170 e. The summed E-state index contributed by atoms with van der Waals surface area (Å²) in [6.45, 7) is 0. The van der Waals surface area contributed by atoms with Crippen molar-refractivity contribution in [1.82, 2.24) is 14.8 Å². The van der Waals surface area contributed by atoms with Crippen LogP contribution in [0.2, 0.25) is 5.02 Å². The van der Waals surface area contributed by atoms with E-state index < -0.39 is 5.82 Å². The van der Waals surface area contributed by atoms with Crippen LogP contribution in [0.1, 0.15) is 10.5 Å². The molecule has 22 heavy (non-hydrogen) atoms. The topological polar surface area (TPSA) is 47.8 Å². The van der Waals surface area contributed by atoms with Gasteiger partial charge in [-0.2, -0.15) is 5.10 Å². The number of nitrogens with zero attached hydrogens (tertiary/aromatic N) is 3. The van der Waals surface area contributed by atoms with Gasteiger partial charge in [-0.3, -0.25) is 9.78 Å². The summed E-state index contributed by atoms with van der Waals surface area (Å²) in [4.78, 5) is 15.9. The summed E-state index contributed by atoms with van der Waals surface area (Å²) in [5.74, 6) is -0.585. The molecule has 0 radical (unpaired) electrons. The Morgan fingerprint density at radius 3 is 2.86 bits per heavy atom. The number of benzene rings is 1. The van der Waals surface area contributed by atoms with Crippen molar-refractivity contribution in [3.05, 3.63) is 65.3 Å². The molecule has 110 valence electrons. The zero-order valence-electron chi connectivity index (χ0n) is 11.1. The van der Waals surface area contributed by atoms with Crippen molar-refractivity contribution in [2.45, 2.75) is 9.92 Å². The summed E-state index contributed by atoms with van der Waals surface area (Å²) in [5.41, 5.74) is 0.401. The van der Waals surface area contributed by atoms with Crippen LogP contribution in [-0.4, -0.2) is 21.1 Å². The van der Waals surface area contributed by atoms with Crippen LogP contribution < -0.4 is 0 Å². The Labute approximate surface area is 134 Å². The molecule has 3 aromatic rings. The van der Waals surface area contributed by atoms with E-state index in [-0.39, 0.29) is 16.4 Å². The fraction of sp³-hybridized carbons (Fsp3) is 0. The quantitative estimate of drug-likeness (QED) is 0.676. The Balaban J connectivity index is 2.09. The van der Waals surface area contributed by atoms with Crippen LogP contribution in [0.3, 0.4) is 0 Å². The molecule has 0 fully saturated rings. The highest BCUT2D eigenvalue weighted by molar-refractivity contribution is 7.99. The first-order valence-corrected chi connectivity index (χ1v) is 7.46. The van der Waals surface area contributed by atoms with Crippen LogP contribution in [-0.2, 0) is 0 Å². The lowest BCUT2D eigenvalue weighted by Gasteiger charge is -2.08. The first kappa shape index (κ1) is 14.7. The normalized spacial score (nSPS) is 10.6. The van der Waals surface area contributed by atoms with Crippen LogP contribution >= 0.6 is 23.4 Å². The number of aromatic nitrogens is 3. The minimum atomic E-state index is -0.585.